The third-order valence-corrected chi connectivity index (χ3v) is 5.15. The molecule has 1 fully saturated rings. The van der Waals surface area contributed by atoms with E-state index in [-0.39, 0.29) is 11.1 Å². The summed E-state index contributed by atoms with van der Waals surface area (Å²) in [6.45, 7) is 0.513. The fraction of sp³-hybridized carbons (Fsp3) is 0.300. The van der Waals surface area contributed by atoms with Gasteiger partial charge in [0.25, 0.3) is 0 Å². The average Bonchev–Trinajstić information content (AvgIpc) is 3.25. The molecule has 7 heteroatoms. The molecular formula is C20H21N3O4. The fourth-order valence-electron chi connectivity index (χ4n) is 3.40. The minimum absolute atomic E-state index is 0.101. The first-order chi connectivity index (χ1) is 13.0. The molecule has 0 spiro atoms. The molecule has 1 aliphatic rings. The number of aliphatic hydroxyl groups excluding tert-OH is 1. The van der Waals surface area contributed by atoms with Crippen molar-refractivity contribution in [1.29, 1.82) is 0 Å². The van der Waals surface area contributed by atoms with E-state index in [0.717, 1.165) is 24.0 Å². The lowest BCUT2D eigenvalue weighted by molar-refractivity contribution is 0.139. The van der Waals surface area contributed by atoms with E-state index in [0.29, 0.717) is 6.54 Å². The molecule has 1 atom stereocenters. The van der Waals surface area contributed by atoms with Crippen LogP contribution in [0.15, 0.2) is 58.3 Å². The largest absolute Gasteiger partial charge is 0.503 e. The van der Waals surface area contributed by atoms with Crippen LogP contribution in [0.2, 0.25) is 0 Å². The van der Waals surface area contributed by atoms with E-state index in [9.17, 15) is 15.0 Å². The molecule has 1 saturated carbocycles. The maximum atomic E-state index is 12.0. The Kier molecular flexibility index (Phi) is 4.33. The van der Waals surface area contributed by atoms with Crippen molar-refractivity contribution in [3.05, 3.63) is 70.5 Å². The Balaban J connectivity index is 1.66. The minimum atomic E-state index is -1.23. The minimum Gasteiger partial charge on any atom is -0.503 e. The molecule has 0 radical (unpaired) electrons. The highest BCUT2D eigenvalue weighted by Crippen LogP contribution is 2.50. The van der Waals surface area contributed by atoms with Crippen LogP contribution < -0.4 is 10.7 Å². The summed E-state index contributed by atoms with van der Waals surface area (Å²) in [5.41, 5.74) is 2.40. The number of hydrogen-bond donors (Lipinski definition) is 3. The number of aromatic hydroxyl groups is 1. The number of hydrogen-bond acceptors (Lipinski definition) is 6. The molecule has 0 amide bonds. The van der Waals surface area contributed by atoms with E-state index < -0.39 is 17.4 Å². The van der Waals surface area contributed by atoms with Crippen LogP contribution >= 0.6 is 0 Å². The monoisotopic (exact) mass is 367 g/mol. The van der Waals surface area contributed by atoms with Crippen LogP contribution in [0.5, 0.6) is 5.75 Å². The SMILES string of the molecule is CNC(O)c1nn(CC2(c3cccc(-c4ccoc4)c3)CC2)cc(O)c1=O. The second-order valence-electron chi connectivity index (χ2n) is 6.99. The number of furan rings is 1. The van der Waals surface area contributed by atoms with Gasteiger partial charge in [0.1, 0.15) is 0 Å². The molecular weight excluding hydrogens is 346 g/mol. The summed E-state index contributed by atoms with van der Waals surface area (Å²) < 4.78 is 6.72. The molecule has 0 aliphatic heterocycles. The van der Waals surface area contributed by atoms with Gasteiger partial charge < -0.3 is 14.6 Å². The van der Waals surface area contributed by atoms with Crippen molar-refractivity contribution < 1.29 is 14.6 Å². The zero-order valence-corrected chi connectivity index (χ0v) is 14.9. The molecule has 3 N–H and O–H groups in total. The van der Waals surface area contributed by atoms with Gasteiger partial charge >= 0.3 is 0 Å². The first kappa shape index (κ1) is 17.5. The zero-order valence-electron chi connectivity index (χ0n) is 14.9. The van der Waals surface area contributed by atoms with Gasteiger partial charge in [-0.05, 0) is 37.1 Å². The Morgan fingerprint density at radius 2 is 2.15 bits per heavy atom. The smallest absolute Gasteiger partial charge is 0.248 e. The molecule has 3 aromatic rings. The molecule has 2 aromatic heterocycles. The summed E-state index contributed by atoms with van der Waals surface area (Å²) >= 11 is 0. The van der Waals surface area contributed by atoms with Crippen molar-refractivity contribution in [2.24, 2.45) is 0 Å². The van der Waals surface area contributed by atoms with Gasteiger partial charge in [0.2, 0.25) is 5.43 Å². The number of aliphatic hydroxyl groups is 1. The van der Waals surface area contributed by atoms with Gasteiger partial charge in [0.15, 0.2) is 17.7 Å². The van der Waals surface area contributed by atoms with E-state index >= 15 is 0 Å². The highest BCUT2D eigenvalue weighted by Gasteiger charge is 2.45. The Hall–Kier alpha value is -2.90. The summed E-state index contributed by atoms with van der Waals surface area (Å²) in [6.07, 6.45) is 5.44. The van der Waals surface area contributed by atoms with Crippen molar-refractivity contribution >= 4 is 0 Å². The van der Waals surface area contributed by atoms with Crippen LogP contribution in [0.25, 0.3) is 11.1 Å². The highest BCUT2D eigenvalue weighted by molar-refractivity contribution is 5.63. The molecule has 2 heterocycles. The van der Waals surface area contributed by atoms with Crippen LogP contribution in [0.1, 0.15) is 30.3 Å². The molecule has 1 aliphatic carbocycles. The van der Waals surface area contributed by atoms with E-state index in [1.807, 2.05) is 18.2 Å². The van der Waals surface area contributed by atoms with E-state index in [1.54, 1.807) is 17.2 Å². The van der Waals surface area contributed by atoms with Gasteiger partial charge in [-0.1, -0.05) is 24.3 Å². The summed E-state index contributed by atoms with van der Waals surface area (Å²) in [7, 11) is 1.52. The van der Waals surface area contributed by atoms with Crippen molar-refractivity contribution in [3.8, 4) is 16.9 Å². The second kappa shape index (κ2) is 6.68. The van der Waals surface area contributed by atoms with Crippen LogP contribution in [0.3, 0.4) is 0 Å². The molecule has 4 rings (SSSR count). The first-order valence-electron chi connectivity index (χ1n) is 8.81. The van der Waals surface area contributed by atoms with Crippen LogP contribution in [0.4, 0.5) is 0 Å². The van der Waals surface area contributed by atoms with E-state index in [2.05, 4.69) is 22.5 Å². The Labute approximate surface area is 155 Å². The van der Waals surface area contributed by atoms with Crippen LogP contribution in [0, 0.1) is 0 Å². The standard InChI is InChI=1S/C20H21N3O4/c1-21-19(26)17-18(25)16(24)10-23(22-17)12-20(6-7-20)15-4-2-3-13(9-15)14-5-8-27-11-14/h2-5,8-11,19,21,24,26H,6-7,12H2,1H3. The predicted molar refractivity (Wildman–Crippen MR) is 99.2 cm³/mol. The molecule has 27 heavy (non-hydrogen) atoms. The lowest BCUT2D eigenvalue weighted by Gasteiger charge is -2.19. The molecule has 0 bridgehead atoms. The Morgan fingerprint density at radius 1 is 1.33 bits per heavy atom. The lowest BCUT2D eigenvalue weighted by atomic mass is 9.93. The first-order valence-corrected chi connectivity index (χ1v) is 8.81. The fourth-order valence-corrected chi connectivity index (χ4v) is 3.40. The quantitative estimate of drug-likeness (QED) is 0.577. The molecule has 1 aromatic carbocycles. The Bertz CT molecular complexity index is 1010. The number of benzene rings is 1. The second-order valence-corrected chi connectivity index (χ2v) is 6.99. The maximum Gasteiger partial charge on any atom is 0.248 e. The number of rotatable bonds is 6. The third kappa shape index (κ3) is 3.27. The van der Waals surface area contributed by atoms with Gasteiger partial charge in [-0.15, -0.1) is 0 Å². The maximum absolute atomic E-state index is 12.0. The molecule has 0 saturated heterocycles. The summed E-state index contributed by atoms with van der Waals surface area (Å²) in [6, 6.07) is 10.2. The van der Waals surface area contributed by atoms with Gasteiger partial charge in [0.05, 0.1) is 25.3 Å². The summed E-state index contributed by atoms with van der Waals surface area (Å²) in [5, 5.41) is 26.7. The number of nitrogens with one attached hydrogen (secondary N) is 1. The summed E-state index contributed by atoms with van der Waals surface area (Å²) in [4.78, 5) is 12.0. The Morgan fingerprint density at radius 3 is 2.81 bits per heavy atom. The normalized spacial score (nSPS) is 16.2. The zero-order chi connectivity index (χ0) is 19.0. The average molecular weight is 367 g/mol. The molecule has 7 nitrogen and oxygen atoms in total. The third-order valence-electron chi connectivity index (χ3n) is 5.15. The summed E-state index contributed by atoms with van der Waals surface area (Å²) in [5.74, 6) is -0.419. The van der Waals surface area contributed by atoms with Gasteiger partial charge in [-0.3, -0.25) is 14.8 Å². The number of nitrogens with zero attached hydrogens (tertiary/aromatic N) is 2. The lowest BCUT2D eigenvalue weighted by Crippen LogP contribution is -2.28. The molecule has 140 valence electrons. The van der Waals surface area contributed by atoms with E-state index in [4.69, 9.17) is 4.42 Å². The van der Waals surface area contributed by atoms with Crippen molar-refractivity contribution in [3.63, 3.8) is 0 Å². The molecule has 1 unspecified atom stereocenters. The van der Waals surface area contributed by atoms with E-state index in [1.165, 1.54) is 18.8 Å². The predicted octanol–water partition coefficient (Wildman–Crippen LogP) is 2.15. The van der Waals surface area contributed by atoms with Crippen molar-refractivity contribution in [2.45, 2.75) is 31.0 Å². The van der Waals surface area contributed by atoms with Crippen molar-refractivity contribution in [2.75, 3.05) is 7.05 Å². The topological polar surface area (TPSA) is 101 Å². The van der Waals surface area contributed by atoms with Crippen LogP contribution in [-0.2, 0) is 12.0 Å². The van der Waals surface area contributed by atoms with Crippen LogP contribution in [-0.4, -0.2) is 27.0 Å². The van der Waals surface area contributed by atoms with Gasteiger partial charge in [0, 0.05) is 11.0 Å². The van der Waals surface area contributed by atoms with Crippen molar-refractivity contribution in [1.82, 2.24) is 15.1 Å². The van der Waals surface area contributed by atoms with Gasteiger partial charge in [-0.2, -0.15) is 5.10 Å². The highest BCUT2D eigenvalue weighted by atomic mass is 16.3. The van der Waals surface area contributed by atoms with Gasteiger partial charge in [-0.25, -0.2) is 0 Å². The number of aromatic nitrogens is 2.